The summed E-state index contributed by atoms with van der Waals surface area (Å²) < 4.78 is 5.93. The molecule has 0 aliphatic carbocycles. The van der Waals surface area contributed by atoms with Crippen molar-refractivity contribution in [3.8, 4) is 5.75 Å². The third kappa shape index (κ3) is 8.22. The third-order valence-electron chi connectivity index (χ3n) is 4.46. The summed E-state index contributed by atoms with van der Waals surface area (Å²) in [5, 5.41) is 3.54. The Morgan fingerprint density at radius 1 is 0.840 bits per heavy atom. The minimum atomic E-state index is 0.620. The SMILES string of the molecule is CCCCCCCCNCc1cccc(OCc2ccc(C)cc2)c1. The molecule has 2 aromatic rings. The van der Waals surface area contributed by atoms with Gasteiger partial charge in [-0.05, 0) is 43.1 Å². The molecule has 2 aromatic carbocycles. The zero-order valence-corrected chi connectivity index (χ0v) is 15.9. The first-order chi connectivity index (χ1) is 12.3. The molecule has 0 bridgehead atoms. The molecule has 0 aromatic heterocycles. The van der Waals surface area contributed by atoms with Crippen LogP contribution in [0.25, 0.3) is 0 Å². The van der Waals surface area contributed by atoms with Gasteiger partial charge in [0.2, 0.25) is 0 Å². The zero-order chi connectivity index (χ0) is 17.7. The summed E-state index contributed by atoms with van der Waals surface area (Å²) in [5.74, 6) is 0.944. The predicted molar refractivity (Wildman–Crippen MR) is 107 cm³/mol. The molecule has 0 saturated carbocycles. The molecule has 2 rings (SSSR count). The van der Waals surface area contributed by atoms with E-state index in [2.05, 4.69) is 61.6 Å². The number of hydrogen-bond donors (Lipinski definition) is 1. The fourth-order valence-electron chi connectivity index (χ4n) is 2.86. The lowest BCUT2D eigenvalue weighted by Gasteiger charge is -2.09. The van der Waals surface area contributed by atoms with Crippen LogP contribution in [0, 0.1) is 6.92 Å². The monoisotopic (exact) mass is 339 g/mol. The molecule has 0 aliphatic heterocycles. The molecule has 0 atom stereocenters. The van der Waals surface area contributed by atoms with Crippen LogP contribution in [0.4, 0.5) is 0 Å². The molecule has 0 heterocycles. The van der Waals surface area contributed by atoms with Gasteiger partial charge in [0, 0.05) is 6.54 Å². The second kappa shape index (κ2) is 11.7. The van der Waals surface area contributed by atoms with Crippen LogP contribution in [0.5, 0.6) is 5.75 Å². The Morgan fingerprint density at radius 3 is 2.40 bits per heavy atom. The van der Waals surface area contributed by atoms with Crippen molar-refractivity contribution in [3.63, 3.8) is 0 Å². The Labute approximate surface area is 153 Å². The first-order valence-electron chi connectivity index (χ1n) is 9.76. The van der Waals surface area contributed by atoms with E-state index in [1.807, 2.05) is 6.07 Å². The first kappa shape index (κ1) is 19.5. The highest BCUT2D eigenvalue weighted by atomic mass is 16.5. The molecule has 0 radical (unpaired) electrons. The molecule has 2 nitrogen and oxygen atoms in total. The van der Waals surface area contributed by atoms with Crippen LogP contribution in [-0.4, -0.2) is 6.54 Å². The van der Waals surface area contributed by atoms with E-state index in [4.69, 9.17) is 4.74 Å². The Hall–Kier alpha value is -1.80. The van der Waals surface area contributed by atoms with Crippen molar-refractivity contribution in [2.75, 3.05) is 6.54 Å². The van der Waals surface area contributed by atoms with Crippen LogP contribution in [0.1, 0.15) is 62.1 Å². The van der Waals surface area contributed by atoms with Gasteiger partial charge in [0.05, 0.1) is 0 Å². The molecule has 0 spiro atoms. The predicted octanol–water partition coefficient (Wildman–Crippen LogP) is 6.02. The Balaban J connectivity index is 1.65. The number of unbranched alkanes of at least 4 members (excludes halogenated alkanes) is 5. The maximum absolute atomic E-state index is 5.93. The first-order valence-corrected chi connectivity index (χ1v) is 9.76. The standard InChI is InChI=1S/C23H33NO/c1-3-4-5-6-7-8-16-24-18-22-10-9-11-23(17-22)25-19-21-14-12-20(2)13-15-21/h9-15,17,24H,3-8,16,18-19H2,1-2H3. The lowest BCUT2D eigenvalue weighted by atomic mass is 10.1. The van der Waals surface area contributed by atoms with Gasteiger partial charge in [0.15, 0.2) is 0 Å². The van der Waals surface area contributed by atoms with Gasteiger partial charge >= 0.3 is 0 Å². The van der Waals surface area contributed by atoms with E-state index in [1.54, 1.807) is 0 Å². The molecule has 0 fully saturated rings. The van der Waals surface area contributed by atoms with E-state index < -0.39 is 0 Å². The summed E-state index contributed by atoms with van der Waals surface area (Å²) in [5.41, 5.74) is 3.77. The fraction of sp³-hybridized carbons (Fsp3) is 0.478. The average Bonchev–Trinajstić information content (AvgIpc) is 2.64. The molecular weight excluding hydrogens is 306 g/mol. The van der Waals surface area contributed by atoms with Crippen LogP contribution in [0.15, 0.2) is 48.5 Å². The van der Waals surface area contributed by atoms with Crippen LogP contribution >= 0.6 is 0 Å². The lowest BCUT2D eigenvalue weighted by molar-refractivity contribution is 0.306. The van der Waals surface area contributed by atoms with Crippen LogP contribution < -0.4 is 10.1 Å². The molecular formula is C23H33NO. The fourth-order valence-corrected chi connectivity index (χ4v) is 2.86. The minimum Gasteiger partial charge on any atom is -0.489 e. The van der Waals surface area contributed by atoms with Crippen LogP contribution in [-0.2, 0) is 13.2 Å². The summed E-state index contributed by atoms with van der Waals surface area (Å²) in [4.78, 5) is 0. The van der Waals surface area contributed by atoms with E-state index in [1.165, 1.54) is 55.2 Å². The Bertz CT molecular complexity index is 591. The van der Waals surface area contributed by atoms with Gasteiger partial charge in [-0.3, -0.25) is 0 Å². The highest BCUT2D eigenvalue weighted by Gasteiger charge is 1.99. The summed E-state index contributed by atoms with van der Waals surface area (Å²) in [6.07, 6.45) is 8.07. The van der Waals surface area contributed by atoms with Crippen LogP contribution in [0.3, 0.4) is 0 Å². The van der Waals surface area contributed by atoms with E-state index in [-0.39, 0.29) is 0 Å². The van der Waals surface area contributed by atoms with E-state index >= 15 is 0 Å². The van der Waals surface area contributed by atoms with E-state index in [0.717, 1.165) is 18.8 Å². The average molecular weight is 340 g/mol. The minimum absolute atomic E-state index is 0.620. The molecule has 1 N–H and O–H groups in total. The van der Waals surface area contributed by atoms with Gasteiger partial charge in [0.1, 0.15) is 12.4 Å². The molecule has 0 amide bonds. The number of benzene rings is 2. The number of nitrogens with one attached hydrogen (secondary N) is 1. The molecule has 136 valence electrons. The van der Waals surface area contributed by atoms with Gasteiger partial charge in [0.25, 0.3) is 0 Å². The smallest absolute Gasteiger partial charge is 0.120 e. The molecule has 0 aliphatic rings. The Morgan fingerprint density at radius 2 is 1.60 bits per heavy atom. The summed E-state index contributed by atoms with van der Waals surface area (Å²) in [6, 6.07) is 16.9. The maximum Gasteiger partial charge on any atom is 0.120 e. The van der Waals surface area contributed by atoms with Gasteiger partial charge in [-0.1, -0.05) is 81.0 Å². The topological polar surface area (TPSA) is 21.3 Å². The van der Waals surface area contributed by atoms with Gasteiger partial charge in [-0.25, -0.2) is 0 Å². The van der Waals surface area contributed by atoms with Gasteiger partial charge in [-0.15, -0.1) is 0 Å². The van der Waals surface area contributed by atoms with Crippen molar-refractivity contribution in [1.29, 1.82) is 0 Å². The van der Waals surface area contributed by atoms with Crippen LogP contribution in [0.2, 0.25) is 0 Å². The van der Waals surface area contributed by atoms with Crippen molar-refractivity contribution >= 4 is 0 Å². The molecule has 25 heavy (non-hydrogen) atoms. The van der Waals surface area contributed by atoms with E-state index in [0.29, 0.717) is 6.61 Å². The van der Waals surface area contributed by atoms with Gasteiger partial charge < -0.3 is 10.1 Å². The number of hydrogen-bond acceptors (Lipinski definition) is 2. The maximum atomic E-state index is 5.93. The highest BCUT2D eigenvalue weighted by Crippen LogP contribution is 2.15. The number of ether oxygens (including phenoxy) is 1. The van der Waals surface area contributed by atoms with Gasteiger partial charge in [-0.2, -0.15) is 0 Å². The molecule has 0 unspecified atom stereocenters. The zero-order valence-electron chi connectivity index (χ0n) is 15.9. The number of aryl methyl sites for hydroxylation is 1. The normalized spacial score (nSPS) is 10.8. The largest absolute Gasteiger partial charge is 0.489 e. The quantitative estimate of drug-likeness (QED) is 0.477. The summed E-state index contributed by atoms with van der Waals surface area (Å²) in [6.45, 7) is 7.00. The van der Waals surface area contributed by atoms with Crippen molar-refractivity contribution in [1.82, 2.24) is 5.32 Å². The highest BCUT2D eigenvalue weighted by molar-refractivity contribution is 5.29. The lowest BCUT2D eigenvalue weighted by Crippen LogP contribution is -2.14. The van der Waals surface area contributed by atoms with Crippen molar-refractivity contribution in [3.05, 3.63) is 65.2 Å². The van der Waals surface area contributed by atoms with Crippen molar-refractivity contribution in [2.45, 2.75) is 65.5 Å². The Kier molecular flexibility index (Phi) is 9.14. The third-order valence-corrected chi connectivity index (χ3v) is 4.46. The second-order valence-corrected chi connectivity index (χ2v) is 6.87. The molecule has 2 heteroatoms. The van der Waals surface area contributed by atoms with Crippen molar-refractivity contribution < 1.29 is 4.74 Å². The van der Waals surface area contributed by atoms with Crippen molar-refractivity contribution in [2.24, 2.45) is 0 Å². The molecule has 0 saturated heterocycles. The summed E-state index contributed by atoms with van der Waals surface area (Å²) >= 11 is 0. The number of rotatable bonds is 12. The summed E-state index contributed by atoms with van der Waals surface area (Å²) in [7, 11) is 0. The van der Waals surface area contributed by atoms with E-state index in [9.17, 15) is 0 Å². The second-order valence-electron chi connectivity index (χ2n) is 6.87.